The van der Waals surface area contributed by atoms with Gasteiger partial charge in [-0.05, 0) is 63.4 Å². The molecule has 11 nitrogen and oxygen atoms in total. The van der Waals surface area contributed by atoms with E-state index in [0.29, 0.717) is 43.6 Å². The molecule has 1 spiro atoms. The van der Waals surface area contributed by atoms with Crippen molar-refractivity contribution < 1.29 is 53.8 Å². The number of aliphatic carboxylic acids is 3. The molecule has 268 valence electrons. The lowest BCUT2D eigenvalue weighted by Gasteiger charge is -2.53. The summed E-state index contributed by atoms with van der Waals surface area (Å²) in [4.78, 5) is 46.2. The fourth-order valence-corrected chi connectivity index (χ4v) is 5.86. The van der Waals surface area contributed by atoms with E-state index in [1.807, 2.05) is 13.0 Å². The van der Waals surface area contributed by atoms with Crippen LogP contribution >= 0.6 is 0 Å². The Morgan fingerprint density at radius 2 is 1.60 bits per heavy atom. The van der Waals surface area contributed by atoms with Gasteiger partial charge in [0.2, 0.25) is 0 Å². The number of carbonyl (C=O) groups is 4. The second-order valence-electron chi connectivity index (χ2n) is 13.7. The van der Waals surface area contributed by atoms with Crippen LogP contribution in [0.1, 0.15) is 99.3 Å². The minimum atomic E-state index is -1.10. The van der Waals surface area contributed by atoms with Crippen LogP contribution in [-0.4, -0.2) is 74.0 Å². The number of aliphatic hydroxyl groups excluding tert-OH is 1. The van der Waals surface area contributed by atoms with E-state index in [1.165, 1.54) is 6.08 Å². The van der Waals surface area contributed by atoms with Crippen molar-refractivity contribution in [3.63, 3.8) is 0 Å². The molecule has 0 aromatic carbocycles. The third-order valence-electron chi connectivity index (χ3n) is 8.97. The SMILES string of the molecule is CC(C=C[C@H](O)[C@@H](C)C=CC(=O)O)=CC[C@H]1O[C@]2(CC[C@@H]1C)CC[C@@](CCC(C)C)(OC(=O)CCC(=O)O)[C@H](C=CC(C)=CC(=O)O)O2. The summed E-state index contributed by atoms with van der Waals surface area (Å²) in [6, 6.07) is 0. The topological polar surface area (TPSA) is 177 Å². The molecule has 2 aliphatic rings. The maximum absolute atomic E-state index is 13.0. The van der Waals surface area contributed by atoms with Crippen LogP contribution in [0.5, 0.6) is 0 Å². The summed E-state index contributed by atoms with van der Waals surface area (Å²) in [6.45, 7) is 11.5. The monoisotopic (exact) mass is 674 g/mol. The summed E-state index contributed by atoms with van der Waals surface area (Å²) >= 11 is 0. The van der Waals surface area contributed by atoms with Crippen LogP contribution < -0.4 is 0 Å². The van der Waals surface area contributed by atoms with Gasteiger partial charge >= 0.3 is 23.9 Å². The van der Waals surface area contributed by atoms with Gasteiger partial charge in [-0.2, -0.15) is 0 Å². The molecule has 11 heteroatoms. The summed E-state index contributed by atoms with van der Waals surface area (Å²) in [6.07, 6.45) is 14.0. The lowest BCUT2D eigenvalue weighted by atomic mass is 9.77. The normalized spacial score (nSPS) is 28.4. The molecule has 2 aliphatic heterocycles. The quantitative estimate of drug-likeness (QED) is 0.0765. The summed E-state index contributed by atoms with van der Waals surface area (Å²) in [7, 11) is 0. The van der Waals surface area contributed by atoms with Crippen LogP contribution in [-0.2, 0) is 33.4 Å². The molecule has 0 aromatic heterocycles. The molecular weight excluding hydrogens is 620 g/mol. The van der Waals surface area contributed by atoms with E-state index in [0.717, 1.165) is 30.6 Å². The third kappa shape index (κ3) is 13.5. The van der Waals surface area contributed by atoms with E-state index in [1.54, 1.807) is 38.2 Å². The Kier molecular flexibility index (Phi) is 16.0. The number of ether oxygens (including phenoxy) is 3. The van der Waals surface area contributed by atoms with Crippen molar-refractivity contribution in [2.75, 3.05) is 0 Å². The van der Waals surface area contributed by atoms with E-state index >= 15 is 0 Å². The summed E-state index contributed by atoms with van der Waals surface area (Å²) in [5.41, 5.74) is 0.292. The van der Waals surface area contributed by atoms with Crippen LogP contribution in [0.15, 0.2) is 59.8 Å². The number of carboxylic acids is 3. The van der Waals surface area contributed by atoms with Crippen molar-refractivity contribution in [3.8, 4) is 0 Å². The summed E-state index contributed by atoms with van der Waals surface area (Å²) in [5, 5.41) is 37.6. The number of carboxylic acid groups (broad SMARTS) is 3. The van der Waals surface area contributed by atoms with Gasteiger partial charge in [0.1, 0.15) is 11.7 Å². The average Bonchev–Trinajstić information content (AvgIpc) is 3.01. The predicted octanol–water partition coefficient (Wildman–Crippen LogP) is 6.38. The number of hydrogen-bond acceptors (Lipinski definition) is 8. The number of rotatable bonds is 17. The van der Waals surface area contributed by atoms with Crippen molar-refractivity contribution >= 4 is 23.9 Å². The molecule has 2 rings (SSSR count). The zero-order valence-electron chi connectivity index (χ0n) is 29.1. The van der Waals surface area contributed by atoms with Crippen LogP contribution in [0.2, 0.25) is 0 Å². The lowest BCUT2D eigenvalue weighted by Crippen LogP contribution is -2.59. The van der Waals surface area contributed by atoms with Crippen molar-refractivity contribution in [2.45, 2.75) is 129 Å². The first-order valence-corrected chi connectivity index (χ1v) is 16.8. The second kappa shape index (κ2) is 18.9. The maximum atomic E-state index is 13.0. The molecule has 0 aliphatic carbocycles. The van der Waals surface area contributed by atoms with Gasteiger partial charge in [0.05, 0.1) is 25.0 Å². The first-order valence-electron chi connectivity index (χ1n) is 16.8. The molecule has 48 heavy (non-hydrogen) atoms. The number of aliphatic hydroxyl groups is 1. The molecule has 7 atom stereocenters. The van der Waals surface area contributed by atoms with Crippen LogP contribution in [0.4, 0.5) is 0 Å². The molecule has 2 heterocycles. The van der Waals surface area contributed by atoms with E-state index in [9.17, 15) is 29.4 Å². The smallest absolute Gasteiger partial charge is 0.328 e. The largest absolute Gasteiger partial charge is 0.481 e. The number of hydrogen-bond donors (Lipinski definition) is 4. The highest BCUT2D eigenvalue weighted by Crippen LogP contribution is 2.48. The molecule has 0 radical (unpaired) electrons. The molecule has 2 fully saturated rings. The minimum Gasteiger partial charge on any atom is -0.481 e. The first-order chi connectivity index (χ1) is 22.5. The zero-order valence-corrected chi connectivity index (χ0v) is 29.1. The average molecular weight is 675 g/mol. The molecule has 0 bridgehead atoms. The molecule has 0 unspecified atom stereocenters. The molecule has 0 aromatic rings. The first kappa shape index (κ1) is 40.6. The molecule has 0 amide bonds. The Labute approximate surface area is 284 Å². The molecule has 0 saturated carbocycles. The van der Waals surface area contributed by atoms with Crippen molar-refractivity contribution in [1.29, 1.82) is 0 Å². The highest BCUT2D eigenvalue weighted by molar-refractivity contribution is 5.81. The highest BCUT2D eigenvalue weighted by atomic mass is 16.7. The van der Waals surface area contributed by atoms with Gasteiger partial charge < -0.3 is 34.6 Å². The van der Waals surface area contributed by atoms with Crippen LogP contribution in [0, 0.1) is 17.8 Å². The van der Waals surface area contributed by atoms with E-state index in [4.69, 9.17) is 24.4 Å². The van der Waals surface area contributed by atoms with Crippen molar-refractivity contribution in [3.05, 3.63) is 59.8 Å². The third-order valence-corrected chi connectivity index (χ3v) is 8.97. The van der Waals surface area contributed by atoms with E-state index in [-0.39, 0.29) is 30.8 Å². The molecule has 2 saturated heterocycles. The fraction of sp³-hybridized carbons (Fsp3) is 0.622. The van der Waals surface area contributed by atoms with Crippen molar-refractivity contribution in [1.82, 2.24) is 0 Å². The predicted molar refractivity (Wildman–Crippen MR) is 180 cm³/mol. The Morgan fingerprint density at radius 1 is 0.896 bits per heavy atom. The Hall–Kier alpha value is -3.54. The lowest BCUT2D eigenvalue weighted by molar-refractivity contribution is -0.345. The van der Waals surface area contributed by atoms with Gasteiger partial charge in [0.15, 0.2) is 5.79 Å². The Balaban J connectivity index is 2.34. The van der Waals surface area contributed by atoms with Gasteiger partial charge in [-0.1, -0.05) is 69.7 Å². The van der Waals surface area contributed by atoms with Gasteiger partial charge in [0.25, 0.3) is 0 Å². The maximum Gasteiger partial charge on any atom is 0.328 e. The highest BCUT2D eigenvalue weighted by Gasteiger charge is 2.54. The number of carbonyl (C=O) groups excluding carboxylic acids is 1. The standard InChI is InChI=1S/C37H54O11/c1-24(2)17-19-36(48-35(45)16-15-33(41)42)21-22-37(47-31(36)13-9-26(4)23-34(43)44)20-18-28(6)30(46-37)12-8-25(3)7-11-29(38)27(5)10-14-32(39)40/h7-11,13-14,23-24,27-31,38H,12,15-22H2,1-6H3,(H,39,40)(H,41,42)(H,43,44)/t27-,28-,29-,30+,31-,36+,37-/m0/s1. The van der Waals surface area contributed by atoms with Gasteiger partial charge in [0, 0.05) is 30.9 Å². The molecular formula is C37H54O11. The van der Waals surface area contributed by atoms with Gasteiger partial charge in [-0.3, -0.25) is 9.59 Å². The number of allylic oxidation sites excluding steroid dienone is 4. The summed E-state index contributed by atoms with van der Waals surface area (Å²) < 4.78 is 19.6. The van der Waals surface area contributed by atoms with E-state index in [2.05, 4.69) is 20.8 Å². The Morgan fingerprint density at radius 3 is 2.23 bits per heavy atom. The fourth-order valence-electron chi connectivity index (χ4n) is 5.86. The van der Waals surface area contributed by atoms with E-state index < -0.39 is 47.5 Å². The van der Waals surface area contributed by atoms with Crippen LogP contribution in [0.25, 0.3) is 0 Å². The zero-order chi connectivity index (χ0) is 36.1. The Bertz CT molecular complexity index is 1280. The number of esters is 1. The van der Waals surface area contributed by atoms with Gasteiger partial charge in [-0.15, -0.1) is 0 Å². The van der Waals surface area contributed by atoms with Crippen LogP contribution in [0.3, 0.4) is 0 Å². The van der Waals surface area contributed by atoms with Crippen molar-refractivity contribution in [2.24, 2.45) is 17.8 Å². The second-order valence-corrected chi connectivity index (χ2v) is 13.7. The summed E-state index contributed by atoms with van der Waals surface area (Å²) in [5.74, 6) is -4.71. The van der Waals surface area contributed by atoms with Gasteiger partial charge in [-0.25, -0.2) is 9.59 Å². The molecule has 4 N–H and O–H groups in total. The minimum absolute atomic E-state index is 0.191.